The van der Waals surface area contributed by atoms with Crippen LogP contribution >= 0.6 is 0 Å². The third-order valence-electron chi connectivity index (χ3n) is 3.58. The lowest BCUT2D eigenvalue weighted by Crippen LogP contribution is -2.23. The predicted molar refractivity (Wildman–Crippen MR) is 78.9 cm³/mol. The van der Waals surface area contributed by atoms with Gasteiger partial charge in [-0.2, -0.15) is 5.26 Å². The van der Waals surface area contributed by atoms with Crippen molar-refractivity contribution in [1.82, 2.24) is 5.32 Å². The van der Waals surface area contributed by atoms with E-state index in [1.165, 1.54) is 12.8 Å². The largest absolute Gasteiger partial charge is 0.387 e. The third-order valence-corrected chi connectivity index (χ3v) is 3.58. The highest BCUT2D eigenvalue weighted by atomic mass is 16.1. The number of aryl methyl sites for hydroxylation is 1. The van der Waals surface area contributed by atoms with Gasteiger partial charge in [-0.05, 0) is 31.4 Å². The van der Waals surface area contributed by atoms with Gasteiger partial charge in [-0.3, -0.25) is 4.79 Å². The zero-order valence-electron chi connectivity index (χ0n) is 11.6. The number of carbonyl (C=O) groups excluding carboxylic acids is 1. The monoisotopic (exact) mass is 269 g/mol. The van der Waals surface area contributed by atoms with Crippen molar-refractivity contribution < 1.29 is 4.79 Å². The summed E-state index contributed by atoms with van der Waals surface area (Å²) in [6, 6.07) is 9.86. The number of rotatable bonds is 4. The van der Waals surface area contributed by atoms with Crippen LogP contribution in [0, 0.1) is 18.3 Å². The highest BCUT2D eigenvalue weighted by molar-refractivity contribution is 6.06. The van der Waals surface area contributed by atoms with Crippen LogP contribution in [0.2, 0.25) is 0 Å². The van der Waals surface area contributed by atoms with Crippen LogP contribution < -0.4 is 10.6 Å². The molecule has 2 rings (SSSR count). The van der Waals surface area contributed by atoms with E-state index in [4.69, 9.17) is 5.26 Å². The fraction of sp³-hybridized carbons (Fsp3) is 0.375. The molecule has 20 heavy (non-hydrogen) atoms. The molecule has 2 N–H and O–H groups in total. The van der Waals surface area contributed by atoms with Gasteiger partial charge in [-0.1, -0.05) is 31.0 Å². The topological polar surface area (TPSA) is 64.9 Å². The van der Waals surface area contributed by atoms with Crippen LogP contribution in [0.15, 0.2) is 36.0 Å². The summed E-state index contributed by atoms with van der Waals surface area (Å²) in [5, 5.41) is 15.0. The second kappa shape index (κ2) is 6.76. The zero-order valence-corrected chi connectivity index (χ0v) is 11.6. The smallest absolute Gasteiger partial charge is 0.267 e. The normalized spacial score (nSPS) is 15.7. The van der Waals surface area contributed by atoms with E-state index in [1.54, 1.807) is 6.20 Å². The van der Waals surface area contributed by atoms with Crippen molar-refractivity contribution in [3.63, 3.8) is 0 Å². The van der Waals surface area contributed by atoms with Crippen molar-refractivity contribution in [2.45, 2.75) is 38.6 Å². The molecule has 0 aromatic heterocycles. The summed E-state index contributed by atoms with van der Waals surface area (Å²) in [5.41, 5.74) is 1.82. The van der Waals surface area contributed by atoms with E-state index < -0.39 is 0 Å². The number of nitrogens with zero attached hydrogens (tertiary/aromatic N) is 1. The Balaban J connectivity index is 2.00. The van der Waals surface area contributed by atoms with E-state index in [9.17, 15) is 4.79 Å². The molecule has 0 atom stereocenters. The van der Waals surface area contributed by atoms with Crippen LogP contribution in [0.3, 0.4) is 0 Å². The second-order valence-electron chi connectivity index (χ2n) is 5.09. The molecular weight excluding hydrogens is 250 g/mol. The fourth-order valence-corrected chi connectivity index (χ4v) is 2.35. The summed E-state index contributed by atoms with van der Waals surface area (Å²) in [6.45, 7) is 1.92. The molecule has 1 fully saturated rings. The first kappa shape index (κ1) is 14.1. The highest BCUT2D eigenvalue weighted by Crippen LogP contribution is 2.18. The van der Waals surface area contributed by atoms with E-state index in [0.717, 1.165) is 24.1 Å². The number of nitriles is 1. The van der Waals surface area contributed by atoms with Gasteiger partial charge in [0.15, 0.2) is 0 Å². The molecule has 4 heteroatoms. The van der Waals surface area contributed by atoms with Crippen molar-refractivity contribution in [3.8, 4) is 6.07 Å². The summed E-state index contributed by atoms with van der Waals surface area (Å²) in [7, 11) is 0. The molecule has 4 nitrogen and oxygen atoms in total. The summed E-state index contributed by atoms with van der Waals surface area (Å²) < 4.78 is 0. The third kappa shape index (κ3) is 3.61. The Morgan fingerprint density at radius 1 is 1.35 bits per heavy atom. The molecule has 0 spiro atoms. The van der Waals surface area contributed by atoms with Crippen LogP contribution in [-0.4, -0.2) is 11.9 Å². The quantitative estimate of drug-likeness (QED) is 0.652. The average Bonchev–Trinajstić information content (AvgIpc) is 2.95. The molecule has 1 aliphatic carbocycles. The van der Waals surface area contributed by atoms with Crippen LogP contribution in [0.5, 0.6) is 0 Å². The van der Waals surface area contributed by atoms with Gasteiger partial charge in [0, 0.05) is 17.9 Å². The zero-order chi connectivity index (χ0) is 14.4. The molecule has 1 amide bonds. The molecule has 1 saturated carbocycles. The second-order valence-corrected chi connectivity index (χ2v) is 5.09. The Labute approximate surface area is 119 Å². The summed E-state index contributed by atoms with van der Waals surface area (Å²) in [4.78, 5) is 12.1. The molecule has 0 radical (unpaired) electrons. The predicted octanol–water partition coefficient (Wildman–Crippen LogP) is 2.87. The molecule has 1 aliphatic rings. The van der Waals surface area contributed by atoms with Gasteiger partial charge in [-0.15, -0.1) is 0 Å². The maximum Gasteiger partial charge on any atom is 0.267 e. The van der Waals surface area contributed by atoms with E-state index in [1.807, 2.05) is 37.3 Å². The van der Waals surface area contributed by atoms with Crippen LogP contribution in [0.25, 0.3) is 0 Å². The molecule has 1 aromatic rings. The average molecular weight is 269 g/mol. The summed E-state index contributed by atoms with van der Waals surface area (Å²) in [6.07, 6.45) is 6.18. The molecule has 104 valence electrons. The van der Waals surface area contributed by atoms with E-state index in [-0.39, 0.29) is 11.5 Å². The van der Waals surface area contributed by atoms with Crippen LogP contribution in [-0.2, 0) is 4.79 Å². The first-order valence-corrected chi connectivity index (χ1v) is 6.94. The number of anilines is 1. The number of benzene rings is 1. The Hall–Kier alpha value is -2.28. The number of hydrogen-bond acceptors (Lipinski definition) is 3. The number of carbonyl (C=O) groups is 1. The SMILES string of the molecule is Cc1ccccc1NC(=O)/C(C#N)=C\NC1CCCC1. The summed E-state index contributed by atoms with van der Waals surface area (Å²) in [5.74, 6) is -0.368. The highest BCUT2D eigenvalue weighted by Gasteiger charge is 2.15. The molecule has 0 heterocycles. The number of hydrogen-bond donors (Lipinski definition) is 2. The van der Waals surface area contributed by atoms with Gasteiger partial charge in [0.25, 0.3) is 5.91 Å². The van der Waals surface area contributed by atoms with Gasteiger partial charge in [-0.25, -0.2) is 0 Å². The van der Waals surface area contributed by atoms with Gasteiger partial charge in [0.2, 0.25) is 0 Å². The Morgan fingerprint density at radius 2 is 2.05 bits per heavy atom. The van der Waals surface area contributed by atoms with Crippen molar-refractivity contribution >= 4 is 11.6 Å². The maximum absolute atomic E-state index is 12.1. The molecule has 1 aromatic carbocycles. The number of para-hydroxylation sites is 1. The Morgan fingerprint density at radius 3 is 2.70 bits per heavy atom. The van der Waals surface area contributed by atoms with Gasteiger partial charge in [0.1, 0.15) is 11.6 Å². The summed E-state index contributed by atoms with van der Waals surface area (Å²) >= 11 is 0. The molecule has 0 unspecified atom stereocenters. The number of nitrogens with one attached hydrogen (secondary N) is 2. The van der Waals surface area contributed by atoms with Crippen molar-refractivity contribution in [2.75, 3.05) is 5.32 Å². The standard InChI is InChI=1S/C16H19N3O/c1-12-6-2-5-9-15(12)19-16(20)13(10-17)11-18-14-7-3-4-8-14/h2,5-6,9,11,14,18H,3-4,7-8H2,1H3,(H,19,20)/b13-11-. The Bertz CT molecular complexity index is 551. The van der Waals surface area contributed by atoms with E-state index in [0.29, 0.717) is 6.04 Å². The van der Waals surface area contributed by atoms with Gasteiger partial charge >= 0.3 is 0 Å². The molecule has 0 aliphatic heterocycles. The maximum atomic E-state index is 12.1. The van der Waals surface area contributed by atoms with Gasteiger partial charge in [0.05, 0.1) is 0 Å². The van der Waals surface area contributed by atoms with Crippen molar-refractivity contribution in [1.29, 1.82) is 5.26 Å². The minimum atomic E-state index is -0.368. The minimum Gasteiger partial charge on any atom is -0.387 e. The number of amides is 1. The fourth-order valence-electron chi connectivity index (χ4n) is 2.35. The lowest BCUT2D eigenvalue weighted by Gasteiger charge is -2.10. The van der Waals surface area contributed by atoms with Gasteiger partial charge < -0.3 is 10.6 Å². The first-order valence-electron chi connectivity index (χ1n) is 6.94. The van der Waals surface area contributed by atoms with Crippen molar-refractivity contribution in [2.24, 2.45) is 0 Å². The first-order chi connectivity index (χ1) is 9.70. The Kier molecular flexibility index (Phi) is 4.78. The minimum absolute atomic E-state index is 0.111. The lowest BCUT2D eigenvalue weighted by molar-refractivity contribution is -0.112. The van der Waals surface area contributed by atoms with E-state index in [2.05, 4.69) is 10.6 Å². The molecule has 0 bridgehead atoms. The van der Waals surface area contributed by atoms with Crippen LogP contribution in [0.1, 0.15) is 31.2 Å². The van der Waals surface area contributed by atoms with Crippen LogP contribution in [0.4, 0.5) is 5.69 Å². The molecular formula is C16H19N3O. The lowest BCUT2D eigenvalue weighted by atomic mass is 10.2. The molecule has 0 saturated heterocycles. The van der Waals surface area contributed by atoms with Crippen molar-refractivity contribution in [3.05, 3.63) is 41.6 Å². The van der Waals surface area contributed by atoms with E-state index >= 15 is 0 Å².